The van der Waals surface area contributed by atoms with E-state index in [1.165, 1.54) is 12.8 Å². The number of aryl methyl sites for hydroxylation is 1. The number of anilines is 3. The van der Waals surface area contributed by atoms with E-state index in [-0.39, 0.29) is 0 Å². The van der Waals surface area contributed by atoms with Crippen LogP contribution in [0.5, 0.6) is 5.75 Å². The fourth-order valence-electron chi connectivity index (χ4n) is 3.51. The molecule has 0 radical (unpaired) electrons. The van der Waals surface area contributed by atoms with Gasteiger partial charge in [-0.2, -0.15) is 4.98 Å². The lowest BCUT2D eigenvalue weighted by atomic mass is 9.99. The zero-order chi connectivity index (χ0) is 20.1. The van der Waals surface area contributed by atoms with Gasteiger partial charge in [0.1, 0.15) is 18.2 Å². The summed E-state index contributed by atoms with van der Waals surface area (Å²) in [4.78, 5) is 11.7. The van der Waals surface area contributed by atoms with Crippen LogP contribution < -0.4 is 15.0 Å². The number of benzene rings is 2. The number of nitrogens with one attached hydrogen (secondary N) is 1. The van der Waals surface area contributed by atoms with Gasteiger partial charge in [-0.15, -0.1) is 0 Å². The van der Waals surface area contributed by atoms with Crippen molar-refractivity contribution in [2.24, 2.45) is 5.92 Å². The minimum absolute atomic E-state index is 0.562. The fourth-order valence-corrected chi connectivity index (χ4v) is 3.51. The highest BCUT2D eigenvalue weighted by Gasteiger charge is 2.18. The molecule has 1 saturated heterocycles. The summed E-state index contributed by atoms with van der Waals surface area (Å²) in [5.74, 6) is 3.29. The first-order chi connectivity index (χ1) is 14.2. The van der Waals surface area contributed by atoms with Crippen LogP contribution in [0.15, 0.2) is 60.7 Å². The third-order valence-electron chi connectivity index (χ3n) is 5.31. The van der Waals surface area contributed by atoms with Crippen molar-refractivity contribution in [3.8, 4) is 5.75 Å². The highest BCUT2D eigenvalue weighted by molar-refractivity contribution is 5.56. The second-order valence-corrected chi connectivity index (χ2v) is 7.78. The van der Waals surface area contributed by atoms with Crippen molar-refractivity contribution in [1.82, 2.24) is 9.97 Å². The Balaban J connectivity index is 1.39. The van der Waals surface area contributed by atoms with Crippen molar-refractivity contribution >= 4 is 17.5 Å². The second-order valence-electron chi connectivity index (χ2n) is 7.78. The van der Waals surface area contributed by atoms with E-state index in [1.54, 1.807) is 0 Å². The molecular formula is C24H28N4O. The summed E-state index contributed by atoms with van der Waals surface area (Å²) in [7, 11) is 0. The Hall–Kier alpha value is -3.08. The van der Waals surface area contributed by atoms with E-state index >= 15 is 0 Å². The van der Waals surface area contributed by atoms with Gasteiger partial charge in [-0.05, 0) is 55.5 Å². The summed E-state index contributed by atoms with van der Waals surface area (Å²) in [6.07, 6.45) is 2.44. The molecule has 5 nitrogen and oxygen atoms in total. The van der Waals surface area contributed by atoms with Crippen molar-refractivity contribution < 1.29 is 4.74 Å². The van der Waals surface area contributed by atoms with Gasteiger partial charge in [0.2, 0.25) is 5.95 Å². The SMILES string of the molecule is Cc1cc(N2CCC(C)CC2)nc(Nc2ccc(OCc3ccccc3)cc2)n1. The van der Waals surface area contributed by atoms with Crippen LogP contribution in [0.25, 0.3) is 0 Å². The lowest BCUT2D eigenvalue weighted by Gasteiger charge is -2.31. The third kappa shape index (κ3) is 5.25. The maximum Gasteiger partial charge on any atom is 0.229 e. The molecule has 0 spiro atoms. The van der Waals surface area contributed by atoms with E-state index in [9.17, 15) is 0 Å². The smallest absolute Gasteiger partial charge is 0.229 e. The van der Waals surface area contributed by atoms with Gasteiger partial charge in [0.05, 0.1) is 0 Å². The fraction of sp³-hybridized carbons (Fsp3) is 0.333. The summed E-state index contributed by atoms with van der Waals surface area (Å²) in [5, 5.41) is 3.33. The number of ether oxygens (including phenoxy) is 1. The molecule has 1 aliphatic rings. The molecule has 0 amide bonds. The molecule has 1 aromatic heterocycles. The van der Waals surface area contributed by atoms with Gasteiger partial charge >= 0.3 is 0 Å². The molecule has 0 unspecified atom stereocenters. The summed E-state index contributed by atoms with van der Waals surface area (Å²) >= 11 is 0. The minimum Gasteiger partial charge on any atom is -0.489 e. The van der Waals surface area contributed by atoms with E-state index < -0.39 is 0 Å². The van der Waals surface area contributed by atoms with Crippen LogP contribution in [0, 0.1) is 12.8 Å². The van der Waals surface area contributed by atoms with E-state index in [1.807, 2.05) is 49.4 Å². The van der Waals surface area contributed by atoms with Crippen molar-refractivity contribution in [2.75, 3.05) is 23.3 Å². The minimum atomic E-state index is 0.562. The van der Waals surface area contributed by atoms with Gasteiger partial charge in [0, 0.05) is 30.5 Å². The zero-order valence-electron chi connectivity index (χ0n) is 17.1. The highest BCUT2D eigenvalue weighted by Crippen LogP contribution is 2.24. The molecule has 1 fully saturated rings. The van der Waals surface area contributed by atoms with E-state index in [4.69, 9.17) is 9.72 Å². The number of nitrogens with zero attached hydrogens (tertiary/aromatic N) is 3. The largest absolute Gasteiger partial charge is 0.489 e. The average Bonchev–Trinajstić information content (AvgIpc) is 2.74. The molecule has 1 aliphatic heterocycles. The van der Waals surface area contributed by atoms with Crippen LogP contribution >= 0.6 is 0 Å². The maximum atomic E-state index is 5.86. The van der Waals surface area contributed by atoms with Crippen LogP contribution in [0.2, 0.25) is 0 Å². The molecular weight excluding hydrogens is 360 g/mol. The topological polar surface area (TPSA) is 50.3 Å². The molecule has 1 N–H and O–H groups in total. The molecule has 0 aliphatic carbocycles. The standard InChI is InChI=1S/C24H28N4O/c1-18-12-14-28(15-13-18)23-16-19(2)25-24(27-23)26-21-8-10-22(11-9-21)29-17-20-6-4-3-5-7-20/h3-11,16,18H,12-15,17H2,1-2H3,(H,25,26,27). The van der Waals surface area contributed by atoms with Crippen LogP contribution in [-0.4, -0.2) is 23.1 Å². The zero-order valence-corrected chi connectivity index (χ0v) is 17.1. The van der Waals surface area contributed by atoms with Crippen molar-refractivity contribution in [3.63, 3.8) is 0 Å². The van der Waals surface area contributed by atoms with Gasteiger partial charge in [0.15, 0.2) is 0 Å². The molecule has 2 heterocycles. The first kappa shape index (κ1) is 19.2. The highest BCUT2D eigenvalue weighted by atomic mass is 16.5. The molecule has 29 heavy (non-hydrogen) atoms. The first-order valence-corrected chi connectivity index (χ1v) is 10.3. The summed E-state index contributed by atoms with van der Waals surface area (Å²) in [6.45, 7) is 7.02. The van der Waals surface area contributed by atoms with E-state index in [2.05, 4.69) is 40.3 Å². The van der Waals surface area contributed by atoms with Crippen molar-refractivity contribution in [1.29, 1.82) is 0 Å². The Morgan fingerprint density at radius 2 is 1.72 bits per heavy atom. The van der Waals surface area contributed by atoms with Gasteiger partial charge in [-0.25, -0.2) is 4.98 Å². The third-order valence-corrected chi connectivity index (χ3v) is 5.31. The molecule has 0 saturated carbocycles. The second kappa shape index (κ2) is 8.95. The summed E-state index contributed by atoms with van der Waals surface area (Å²) in [5.41, 5.74) is 3.07. The summed E-state index contributed by atoms with van der Waals surface area (Å²) < 4.78 is 5.86. The molecule has 150 valence electrons. The Labute approximate surface area is 172 Å². The number of piperidine rings is 1. The van der Waals surface area contributed by atoms with Gasteiger partial charge in [0.25, 0.3) is 0 Å². The molecule has 0 atom stereocenters. The predicted molar refractivity (Wildman–Crippen MR) is 118 cm³/mol. The average molecular weight is 389 g/mol. The lowest BCUT2D eigenvalue weighted by molar-refractivity contribution is 0.306. The molecule has 2 aromatic carbocycles. The first-order valence-electron chi connectivity index (χ1n) is 10.3. The Morgan fingerprint density at radius 1 is 1.00 bits per heavy atom. The molecule has 3 aromatic rings. The summed E-state index contributed by atoms with van der Waals surface area (Å²) in [6, 6.07) is 20.2. The number of aromatic nitrogens is 2. The number of hydrogen-bond donors (Lipinski definition) is 1. The van der Waals surface area contributed by atoms with Crippen LogP contribution in [0.4, 0.5) is 17.5 Å². The van der Waals surface area contributed by atoms with Crippen molar-refractivity contribution in [2.45, 2.75) is 33.3 Å². The van der Waals surface area contributed by atoms with Crippen LogP contribution in [-0.2, 0) is 6.61 Å². The number of hydrogen-bond acceptors (Lipinski definition) is 5. The molecule has 0 bridgehead atoms. The van der Waals surface area contributed by atoms with E-state index in [0.29, 0.717) is 12.6 Å². The predicted octanol–water partition coefficient (Wildman–Crippen LogP) is 5.34. The Kier molecular flexibility index (Phi) is 5.94. The van der Waals surface area contributed by atoms with Crippen molar-refractivity contribution in [3.05, 3.63) is 71.9 Å². The van der Waals surface area contributed by atoms with Gasteiger partial charge in [-0.3, -0.25) is 0 Å². The maximum absolute atomic E-state index is 5.86. The molecule has 5 heteroatoms. The van der Waals surface area contributed by atoms with Crippen LogP contribution in [0.3, 0.4) is 0 Å². The quantitative estimate of drug-likeness (QED) is 0.617. The molecule has 4 rings (SSSR count). The number of rotatable bonds is 6. The Morgan fingerprint density at radius 3 is 2.45 bits per heavy atom. The monoisotopic (exact) mass is 388 g/mol. The Bertz CT molecular complexity index is 919. The normalized spacial score (nSPS) is 14.6. The van der Waals surface area contributed by atoms with Gasteiger partial charge < -0.3 is 15.0 Å². The van der Waals surface area contributed by atoms with Crippen LogP contribution in [0.1, 0.15) is 31.0 Å². The van der Waals surface area contributed by atoms with E-state index in [0.717, 1.165) is 47.5 Å². The van der Waals surface area contributed by atoms with Gasteiger partial charge in [-0.1, -0.05) is 37.3 Å². The lowest BCUT2D eigenvalue weighted by Crippen LogP contribution is -2.33.